The van der Waals surface area contributed by atoms with Crippen molar-refractivity contribution in [1.29, 1.82) is 0 Å². The van der Waals surface area contributed by atoms with Crippen LogP contribution in [0.2, 0.25) is 0 Å². The molecule has 6 heteroatoms. The Morgan fingerprint density at radius 2 is 1.56 bits per heavy atom. The van der Waals surface area contributed by atoms with E-state index in [-0.39, 0.29) is 5.56 Å². The molecule has 138 valence electrons. The van der Waals surface area contributed by atoms with Gasteiger partial charge in [-0.15, -0.1) is 13.2 Å². The van der Waals surface area contributed by atoms with Crippen LogP contribution in [0, 0.1) is 29.4 Å². The average molecular weight is 360 g/mol. The van der Waals surface area contributed by atoms with E-state index in [1.807, 2.05) is 6.08 Å². The number of hydrogen-bond donors (Lipinski definition) is 0. The fraction of sp³-hybridized carbons (Fsp3) is 0.579. The second-order valence-electron chi connectivity index (χ2n) is 7.10. The summed E-state index contributed by atoms with van der Waals surface area (Å²) in [5, 5.41) is 0. The minimum Gasteiger partial charge on any atom is -0.399 e. The van der Waals surface area contributed by atoms with Crippen LogP contribution in [0.25, 0.3) is 6.08 Å². The zero-order valence-corrected chi connectivity index (χ0v) is 13.8. The Hall–Kier alpha value is -1.59. The molecule has 0 amide bonds. The number of fused-ring (bicyclic) bond motifs is 1. The van der Waals surface area contributed by atoms with Gasteiger partial charge in [0.05, 0.1) is 0 Å². The first-order valence-corrected chi connectivity index (χ1v) is 8.75. The van der Waals surface area contributed by atoms with E-state index in [9.17, 15) is 22.0 Å². The van der Waals surface area contributed by atoms with E-state index in [0.29, 0.717) is 5.92 Å². The molecule has 0 heterocycles. The smallest absolute Gasteiger partial charge is 0.399 e. The summed E-state index contributed by atoms with van der Waals surface area (Å²) in [6.45, 7) is 0. The molecule has 0 saturated heterocycles. The lowest BCUT2D eigenvalue weighted by Gasteiger charge is -2.38. The lowest BCUT2D eigenvalue weighted by molar-refractivity contribution is -0.276. The Labute approximate surface area is 143 Å². The van der Waals surface area contributed by atoms with Gasteiger partial charge in [-0.2, -0.15) is 0 Å². The number of benzene rings is 1. The van der Waals surface area contributed by atoms with Crippen LogP contribution in [-0.4, -0.2) is 6.36 Å². The van der Waals surface area contributed by atoms with E-state index in [2.05, 4.69) is 4.74 Å². The zero-order chi connectivity index (χ0) is 18.0. The van der Waals surface area contributed by atoms with Gasteiger partial charge in [0.2, 0.25) is 5.75 Å². The van der Waals surface area contributed by atoms with Gasteiger partial charge < -0.3 is 4.74 Å². The third-order valence-electron chi connectivity index (χ3n) is 5.38. The van der Waals surface area contributed by atoms with Crippen molar-refractivity contribution < 1.29 is 26.7 Å². The highest BCUT2D eigenvalue weighted by atomic mass is 19.4. The Morgan fingerprint density at radius 1 is 0.920 bits per heavy atom. The summed E-state index contributed by atoms with van der Waals surface area (Å²) in [5.74, 6) is -2.22. The summed E-state index contributed by atoms with van der Waals surface area (Å²) >= 11 is 0. The molecule has 1 aromatic rings. The van der Waals surface area contributed by atoms with Crippen LogP contribution >= 0.6 is 0 Å². The predicted octanol–water partition coefficient (Wildman–Crippen LogP) is 6.48. The molecule has 1 nitrogen and oxygen atoms in total. The van der Waals surface area contributed by atoms with Crippen molar-refractivity contribution in [3.63, 3.8) is 0 Å². The van der Waals surface area contributed by atoms with Crippen molar-refractivity contribution in [2.24, 2.45) is 17.8 Å². The van der Waals surface area contributed by atoms with E-state index < -0.39 is 23.7 Å². The zero-order valence-electron chi connectivity index (χ0n) is 13.8. The van der Waals surface area contributed by atoms with Crippen LogP contribution in [0.15, 0.2) is 18.2 Å². The first kappa shape index (κ1) is 18.2. The van der Waals surface area contributed by atoms with Gasteiger partial charge in [0, 0.05) is 0 Å². The van der Waals surface area contributed by atoms with Crippen LogP contribution in [-0.2, 0) is 0 Å². The van der Waals surface area contributed by atoms with Crippen molar-refractivity contribution in [2.75, 3.05) is 0 Å². The molecule has 3 rings (SSSR count). The molecule has 0 radical (unpaired) electrons. The van der Waals surface area contributed by atoms with Gasteiger partial charge in [-0.25, -0.2) is 8.78 Å². The molecule has 0 aromatic heterocycles. The molecule has 2 aliphatic rings. The molecule has 3 unspecified atom stereocenters. The van der Waals surface area contributed by atoms with Crippen LogP contribution in [0.1, 0.15) is 50.5 Å². The van der Waals surface area contributed by atoms with Crippen molar-refractivity contribution in [2.45, 2.75) is 51.3 Å². The monoisotopic (exact) mass is 360 g/mol. The summed E-state index contributed by atoms with van der Waals surface area (Å²) in [6.07, 6.45) is 6.86. The molecule has 1 aromatic carbocycles. The van der Waals surface area contributed by atoms with Crippen molar-refractivity contribution in [3.8, 4) is 5.75 Å². The summed E-state index contributed by atoms with van der Waals surface area (Å²) in [6, 6.07) is 1.74. The SMILES string of the molecule is Fc1cc(/C=C/C2CCC3CCCCC3C2)cc(F)c1OC(F)(F)F. The third kappa shape index (κ3) is 4.73. The van der Waals surface area contributed by atoms with E-state index in [1.165, 1.54) is 32.1 Å². The van der Waals surface area contributed by atoms with E-state index in [4.69, 9.17) is 0 Å². The highest BCUT2D eigenvalue weighted by Gasteiger charge is 2.34. The fourth-order valence-electron chi connectivity index (χ4n) is 4.22. The van der Waals surface area contributed by atoms with Gasteiger partial charge >= 0.3 is 6.36 Å². The fourth-order valence-corrected chi connectivity index (χ4v) is 4.22. The largest absolute Gasteiger partial charge is 0.573 e. The van der Waals surface area contributed by atoms with Gasteiger partial charge in [-0.05, 0) is 54.7 Å². The first-order chi connectivity index (χ1) is 11.8. The van der Waals surface area contributed by atoms with Gasteiger partial charge in [-0.3, -0.25) is 0 Å². The molecule has 2 aliphatic carbocycles. The first-order valence-electron chi connectivity index (χ1n) is 8.75. The lowest BCUT2D eigenvalue weighted by Crippen LogP contribution is -2.26. The van der Waals surface area contributed by atoms with Crippen LogP contribution < -0.4 is 4.74 Å². The Bertz CT molecular complexity index is 614. The minimum atomic E-state index is -5.13. The average Bonchev–Trinajstić information content (AvgIpc) is 2.55. The maximum absolute atomic E-state index is 13.7. The highest BCUT2D eigenvalue weighted by molar-refractivity contribution is 5.52. The summed E-state index contributed by atoms with van der Waals surface area (Å²) in [7, 11) is 0. The molecule has 0 N–H and O–H groups in total. The Balaban J connectivity index is 1.67. The molecule has 2 saturated carbocycles. The molecule has 3 atom stereocenters. The number of allylic oxidation sites excluding steroid dienone is 1. The van der Waals surface area contributed by atoms with E-state index in [0.717, 1.165) is 36.8 Å². The predicted molar refractivity (Wildman–Crippen MR) is 84.9 cm³/mol. The van der Waals surface area contributed by atoms with Crippen LogP contribution in [0.5, 0.6) is 5.75 Å². The lowest BCUT2D eigenvalue weighted by atomic mass is 9.67. The second kappa shape index (κ2) is 7.34. The highest BCUT2D eigenvalue weighted by Crippen LogP contribution is 2.43. The number of ether oxygens (including phenoxy) is 1. The van der Waals surface area contributed by atoms with Gasteiger partial charge in [-0.1, -0.05) is 37.8 Å². The van der Waals surface area contributed by atoms with Crippen LogP contribution in [0.3, 0.4) is 0 Å². The van der Waals surface area contributed by atoms with E-state index in [1.54, 1.807) is 6.08 Å². The Kier molecular flexibility index (Phi) is 5.35. The molecule has 0 aliphatic heterocycles. The van der Waals surface area contributed by atoms with Crippen molar-refractivity contribution in [3.05, 3.63) is 35.4 Å². The van der Waals surface area contributed by atoms with E-state index >= 15 is 0 Å². The molecule has 25 heavy (non-hydrogen) atoms. The number of hydrogen-bond acceptors (Lipinski definition) is 1. The van der Waals surface area contributed by atoms with Gasteiger partial charge in [0.1, 0.15) is 0 Å². The third-order valence-corrected chi connectivity index (χ3v) is 5.38. The maximum atomic E-state index is 13.7. The van der Waals surface area contributed by atoms with Crippen LogP contribution in [0.4, 0.5) is 22.0 Å². The quantitative estimate of drug-likeness (QED) is 0.560. The normalized spacial score (nSPS) is 27.3. The topological polar surface area (TPSA) is 9.23 Å². The van der Waals surface area contributed by atoms with Gasteiger partial charge in [0.15, 0.2) is 11.6 Å². The second-order valence-corrected chi connectivity index (χ2v) is 7.10. The number of alkyl halides is 3. The van der Waals surface area contributed by atoms with Crippen molar-refractivity contribution in [1.82, 2.24) is 0 Å². The Morgan fingerprint density at radius 3 is 2.20 bits per heavy atom. The summed E-state index contributed by atoms with van der Waals surface area (Å²) in [5.41, 5.74) is 0.204. The van der Waals surface area contributed by atoms with Crippen molar-refractivity contribution >= 4 is 6.08 Å². The molecular weight excluding hydrogens is 339 g/mol. The summed E-state index contributed by atoms with van der Waals surface area (Å²) in [4.78, 5) is 0. The molecular formula is C19H21F5O. The molecule has 2 fully saturated rings. The maximum Gasteiger partial charge on any atom is 0.573 e. The number of halogens is 5. The standard InChI is InChI=1S/C19H21F5O/c20-16-10-13(11-17(21)18(16)25-19(22,23)24)6-5-12-7-8-14-3-1-2-4-15(14)9-12/h5-6,10-12,14-15H,1-4,7-9H2/b6-5+. The molecule has 0 spiro atoms. The minimum absolute atomic E-state index is 0.204. The van der Waals surface area contributed by atoms with Gasteiger partial charge in [0.25, 0.3) is 0 Å². The number of rotatable bonds is 3. The molecule has 0 bridgehead atoms. The summed E-state index contributed by atoms with van der Waals surface area (Å²) < 4.78 is 67.3.